The molecule has 0 fully saturated rings. The first-order valence-electron chi connectivity index (χ1n) is 10.3. The van der Waals surface area contributed by atoms with E-state index in [2.05, 4.69) is 54.1 Å². The molecule has 0 aliphatic heterocycles. The second kappa shape index (κ2) is 14.3. The molecular weight excluding hydrogens is 370 g/mol. The number of benzene rings is 1. The van der Waals surface area contributed by atoms with Gasteiger partial charge in [0.15, 0.2) is 6.20 Å². The second-order valence-corrected chi connectivity index (χ2v) is 7.15. The zero-order valence-electron chi connectivity index (χ0n) is 16.1. The lowest BCUT2D eigenvalue weighted by atomic mass is 10.1. The Balaban J connectivity index is 0.00000312. The van der Waals surface area contributed by atoms with Crippen LogP contribution in [0, 0.1) is 0 Å². The number of halogens is 1. The zero-order valence-corrected chi connectivity index (χ0v) is 17.6. The summed E-state index contributed by atoms with van der Waals surface area (Å²) < 4.78 is 2.41. The summed E-state index contributed by atoms with van der Waals surface area (Å²) in [4.78, 5) is 0. The fourth-order valence-corrected chi connectivity index (χ4v) is 3.54. The first-order chi connectivity index (χ1) is 11.9. The third-order valence-corrected chi connectivity index (χ3v) is 5.04. The lowest BCUT2D eigenvalue weighted by Crippen LogP contribution is -3.00. The average Bonchev–Trinajstić information content (AvgIpc) is 2.63. The highest BCUT2D eigenvalue weighted by molar-refractivity contribution is 5.74. The molecule has 1 aromatic heterocycles. The number of aromatic nitrogens is 1. The van der Waals surface area contributed by atoms with E-state index < -0.39 is 0 Å². The number of nitrogens with zero attached hydrogens (tertiary/aromatic N) is 1. The molecule has 0 saturated carbocycles. The molecule has 0 saturated heterocycles. The molecule has 0 unspecified atom stereocenters. The highest BCUT2D eigenvalue weighted by atomic mass is 79.9. The first kappa shape index (κ1) is 22.2. The molecule has 2 heteroatoms. The summed E-state index contributed by atoms with van der Waals surface area (Å²) in [5.41, 5.74) is 1.36. The number of hydrogen-bond acceptors (Lipinski definition) is 0. The summed E-state index contributed by atoms with van der Waals surface area (Å²) in [7, 11) is 0. The molecule has 0 amide bonds. The molecule has 0 aliphatic carbocycles. The van der Waals surface area contributed by atoms with Crippen molar-refractivity contribution in [1.29, 1.82) is 0 Å². The number of unbranched alkanes of at least 4 members (excludes halogenated alkanes) is 11. The Bertz CT molecular complexity index is 562. The van der Waals surface area contributed by atoms with E-state index in [0.29, 0.717) is 0 Å². The van der Waals surface area contributed by atoms with Crippen LogP contribution in [0.5, 0.6) is 0 Å². The van der Waals surface area contributed by atoms with Gasteiger partial charge in [-0.05, 0) is 18.6 Å². The predicted octanol–water partition coefficient (Wildman–Crippen LogP) is 3.83. The topological polar surface area (TPSA) is 3.88 Å². The summed E-state index contributed by atoms with van der Waals surface area (Å²) in [5, 5.41) is 1.35. The predicted molar refractivity (Wildman–Crippen MR) is 105 cm³/mol. The van der Waals surface area contributed by atoms with Crippen LogP contribution >= 0.6 is 0 Å². The van der Waals surface area contributed by atoms with E-state index in [4.69, 9.17) is 0 Å². The highest BCUT2D eigenvalue weighted by Crippen LogP contribution is 2.12. The maximum atomic E-state index is 2.41. The van der Waals surface area contributed by atoms with Crippen molar-refractivity contribution in [2.45, 2.75) is 90.5 Å². The Hall–Kier alpha value is -0.890. The van der Waals surface area contributed by atoms with Crippen LogP contribution in [0.25, 0.3) is 10.9 Å². The third kappa shape index (κ3) is 8.85. The molecule has 1 aromatic carbocycles. The van der Waals surface area contributed by atoms with Crippen LogP contribution < -0.4 is 21.5 Å². The largest absolute Gasteiger partial charge is 1.00 e. The summed E-state index contributed by atoms with van der Waals surface area (Å²) in [6.07, 6.45) is 19.2. The van der Waals surface area contributed by atoms with Gasteiger partial charge >= 0.3 is 0 Å². The summed E-state index contributed by atoms with van der Waals surface area (Å²) in [6, 6.07) is 13.1. The molecule has 140 valence electrons. The molecule has 0 N–H and O–H groups in total. The maximum absolute atomic E-state index is 2.41. The third-order valence-electron chi connectivity index (χ3n) is 5.04. The standard InChI is InChI=1S/C23H36N.BrH/c1-2-3-4-5-6-7-8-9-10-11-12-15-20-24-21-16-18-22-17-13-14-19-23(22)24;/h13-14,16-19,21H,2-12,15,20H2,1H3;1H/q+1;/p-1. The number of fused-ring (bicyclic) bond motifs is 1. The van der Waals surface area contributed by atoms with E-state index >= 15 is 0 Å². The van der Waals surface area contributed by atoms with E-state index in [-0.39, 0.29) is 17.0 Å². The fourth-order valence-electron chi connectivity index (χ4n) is 3.54. The highest BCUT2D eigenvalue weighted by Gasteiger charge is 2.06. The van der Waals surface area contributed by atoms with Gasteiger partial charge in [0.25, 0.3) is 0 Å². The Morgan fingerprint density at radius 1 is 0.640 bits per heavy atom. The van der Waals surface area contributed by atoms with Gasteiger partial charge in [-0.3, -0.25) is 0 Å². The van der Waals surface area contributed by atoms with E-state index in [0.717, 1.165) is 6.54 Å². The summed E-state index contributed by atoms with van der Waals surface area (Å²) in [6.45, 7) is 3.44. The molecule has 0 aliphatic rings. The van der Waals surface area contributed by atoms with E-state index in [1.807, 2.05) is 0 Å². The van der Waals surface area contributed by atoms with Crippen molar-refractivity contribution in [2.75, 3.05) is 0 Å². The van der Waals surface area contributed by atoms with Crippen LogP contribution in [0.4, 0.5) is 0 Å². The van der Waals surface area contributed by atoms with Gasteiger partial charge < -0.3 is 17.0 Å². The number of aryl methyl sites for hydroxylation is 1. The van der Waals surface area contributed by atoms with Crippen LogP contribution in [0.3, 0.4) is 0 Å². The minimum absolute atomic E-state index is 0. The van der Waals surface area contributed by atoms with Crippen molar-refractivity contribution in [3.8, 4) is 0 Å². The monoisotopic (exact) mass is 405 g/mol. The van der Waals surface area contributed by atoms with Gasteiger partial charge in [0.05, 0.1) is 0 Å². The Morgan fingerprint density at radius 2 is 1.16 bits per heavy atom. The van der Waals surface area contributed by atoms with Crippen LogP contribution in [-0.4, -0.2) is 0 Å². The van der Waals surface area contributed by atoms with Gasteiger partial charge in [0, 0.05) is 23.9 Å². The van der Waals surface area contributed by atoms with Gasteiger partial charge in [0.1, 0.15) is 6.54 Å². The van der Waals surface area contributed by atoms with Crippen LogP contribution in [0.1, 0.15) is 84.0 Å². The van der Waals surface area contributed by atoms with Crippen LogP contribution in [-0.2, 0) is 6.54 Å². The summed E-state index contributed by atoms with van der Waals surface area (Å²) >= 11 is 0. The Morgan fingerprint density at radius 3 is 1.80 bits per heavy atom. The molecule has 1 nitrogen and oxygen atoms in total. The van der Waals surface area contributed by atoms with Crippen molar-refractivity contribution >= 4 is 10.9 Å². The van der Waals surface area contributed by atoms with Gasteiger partial charge in [-0.2, -0.15) is 4.57 Å². The number of para-hydroxylation sites is 1. The van der Waals surface area contributed by atoms with E-state index in [9.17, 15) is 0 Å². The molecule has 0 radical (unpaired) electrons. The number of pyridine rings is 1. The molecule has 25 heavy (non-hydrogen) atoms. The van der Waals surface area contributed by atoms with Gasteiger partial charge in [-0.25, -0.2) is 0 Å². The molecule has 0 spiro atoms. The smallest absolute Gasteiger partial charge is 0.212 e. The second-order valence-electron chi connectivity index (χ2n) is 7.15. The van der Waals surface area contributed by atoms with Gasteiger partial charge in [-0.15, -0.1) is 0 Å². The quantitative estimate of drug-likeness (QED) is 0.352. The van der Waals surface area contributed by atoms with Crippen molar-refractivity contribution in [3.63, 3.8) is 0 Å². The molecule has 1 heterocycles. The lowest BCUT2D eigenvalue weighted by molar-refractivity contribution is -0.671. The van der Waals surface area contributed by atoms with Crippen molar-refractivity contribution in [1.82, 2.24) is 0 Å². The Labute approximate surface area is 165 Å². The number of hydrogen-bond donors (Lipinski definition) is 0. The molecular formula is C23H36BrN. The van der Waals surface area contributed by atoms with Crippen LogP contribution in [0.2, 0.25) is 0 Å². The zero-order chi connectivity index (χ0) is 16.9. The lowest BCUT2D eigenvalue weighted by Gasteiger charge is -2.03. The fraction of sp³-hybridized carbons (Fsp3) is 0.609. The van der Waals surface area contributed by atoms with Crippen molar-refractivity contribution in [2.24, 2.45) is 0 Å². The first-order valence-corrected chi connectivity index (χ1v) is 10.3. The molecule has 2 aromatic rings. The molecule has 2 rings (SSSR count). The van der Waals surface area contributed by atoms with Gasteiger partial charge in [-0.1, -0.05) is 83.3 Å². The maximum Gasteiger partial charge on any atom is 0.212 e. The Kier molecular flexibility index (Phi) is 12.7. The van der Waals surface area contributed by atoms with E-state index in [1.165, 1.54) is 88.0 Å². The van der Waals surface area contributed by atoms with Crippen molar-refractivity contribution in [3.05, 3.63) is 42.6 Å². The normalized spacial score (nSPS) is 10.8. The minimum Gasteiger partial charge on any atom is -1.00 e. The van der Waals surface area contributed by atoms with Crippen molar-refractivity contribution < 1.29 is 21.5 Å². The SMILES string of the molecule is CCCCCCCCCCCCCC[n+]1cccc2ccccc21.[Br-]. The van der Waals surface area contributed by atoms with E-state index in [1.54, 1.807) is 0 Å². The molecule has 0 bridgehead atoms. The van der Waals surface area contributed by atoms with Gasteiger partial charge in [0.2, 0.25) is 5.52 Å². The van der Waals surface area contributed by atoms with Crippen LogP contribution in [0.15, 0.2) is 42.6 Å². The number of rotatable bonds is 13. The average molecular weight is 406 g/mol. The summed E-state index contributed by atoms with van der Waals surface area (Å²) in [5.74, 6) is 0. The minimum atomic E-state index is 0. The molecule has 0 atom stereocenters.